The summed E-state index contributed by atoms with van der Waals surface area (Å²) < 4.78 is 7.54. The van der Waals surface area contributed by atoms with Crippen LogP contribution in [0.4, 0.5) is 0 Å². The lowest BCUT2D eigenvalue weighted by molar-refractivity contribution is 0.0341. The van der Waals surface area contributed by atoms with Gasteiger partial charge >= 0.3 is 0 Å². The molecule has 7 nitrogen and oxygen atoms in total. The molecule has 0 aromatic carbocycles. The quantitative estimate of drug-likeness (QED) is 0.720. The van der Waals surface area contributed by atoms with E-state index in [4.69, 9.17) is 9.72 Å². The van der Waals surface area contributed by atoms with Crippen molar-refractivity contribution in [2.45, 2.75) is 38.6 Å². The average molecular weight is 420 g/mol. The van der Waals surface area contributed by atoms with Crippen LogP contribution in [-0.4, -0.2) is 89.5 Å². The molecule has 0 spiro atoms. The van der Waals surface area contributed by atoms with E-state index in [0.29, 0.717) is 5.69 Å². The fourth-order valence-electron chi connectivity index (χ4n) is 4.23. The molecule has 0 bridgehead atoms. The number of amides is 1. The van der Waals surface area contributed by atoms with Gasteiger partial charge in [-0.05, 0) is 19.9 Å². The molecule has 2 aliphatic heterocycles. The summed E-state index contributed by atoms with van der Waals surface area (Å²) in [4.78, 5) is 25.8. The zero-order valence-electron chi connectivity index (χ0n) is 17.5. The van der Waals surface area contributed by atoms with Crippen LogP contribution in [0.25, 0.3) is 4.96 Å². The minimum Gasteiger partial charge on any atom is -0.379 e. The van der Waals surface area contributed by atoms with E-state index >= 15 is 0 Å². The van der Waals surface area contributed by atoms with Crippen molar-refractivity contribution in [3.05, 3.63) is 23.0 Å². The normalized spacial score (nSPS) is 19.6. The molecule has 0 aliphatic carbocycles. The van der Waals surface area contributed by atoms with Crippen molar-refractivity contribution in [2.75, 3.05) is 59.5 Å². The van der Waals surface area contributed by atoms with Crippen molar-refractivity contribution in [1.29, 1.82) is 0 Å². The number of rotatable bonds is 6. The van der Waals surface area contributed by atoms with Crippen LogP contribution in [0.5, 0.6) is 0 Å². The average Bonchev–Trinajstić information content (AvgIpc) is 3.29. The van der Waals surface area contributed by atoms with Crippen LogP contribution in [-0.2, 0) is 11.3 Å². The number of nitrogens with zero attached hydrogens (tertiary/aromatic N) is 5. The molecular formula is C21H33N5O2S. The first-order chi connectivity index (χ1) is 14.2. The van der Waals surface area contributed by atoms with Gasteiger partial charge in [-0.15, -0.1) is 11.3 Å². The molecule has 0 saturated carbocycles. The Hall–Kier alpha value is -1.48. The highest BCUT2D eigenvalue weighted by Gasteiger charge is 2.25. The zero-order valence-corrected chi connectivity index (χ0v) is 18.3. The van der Waals surface area contributed by atoms with Crippen LogP contribution < -0.4 is 0 Å². The maximum atomic E-state index is 13.4. The third kappa shape index (κ3) is 5.17. The molecule has 0 unspecified atom stereocenters. The van der Waals surface area contributed by atoms with Crippen LogP contribution in [0, 0.1) is 0 Å². The van der Waals surface area contributed by atoms with Gasteiger partial charge in [-0.2, -0.15) is 0 Å². The maximum absolute atomic E-state index is 13.4. The molecule has 160 valence electrons. The molecule has 1 amide bonds. The molecular weight excluding hydrogens is 386 g/mol. The Morgan fingerprint density at radius 1 is 1.14 bits per heavy atom. The molecule has 2 aromatic rings. The van der Waals surface area contributed by atoms with Crippen LogP contribution in [0.3, 0.4) is 0 Å². The Bertz CT molecular complexity index is 790. The molecule has 2 saturated heterocycles. The molecule has 0 atom stereocenters. The number of hydrogen-bond donors (Lipinski definition) is 0. The third-order valence-corrected chi connectivity index (χ3v) is 6.78. The van der Waals surface area contributed by atoms with E-state index in [2.05, 4.69) is 21.2 Å². The molecule has 0 radical (unpaired) electrons. The van der Waals surface area contributed by atoms with Gasteiger partial charge in [0, 0.05) is 57.4 Å². The number of carbonyl (C=O) groups excluding carboxylic acids is 1. The van der Waals surface area contributed by atoms with E-state index in [1.807, 2.05) is 16.5 Å². The Morgan fingerprint density at radius 2 is 1.86 bits per heavy atom. The number of likely N-dealkylation sites (tertiary alicyclic amines) is 1. The van der Waals surface area contributed by atoms with Crippen molar-refractivity contribution >= 4 is 22.2 Å². The van der Waals surface area contributed by atoms with Crippen LogP contribution in [0.15, 0.2) is 11.6 Å². The summed E-state index contributed by atoms with van der Waals surface area (Å²) in [6.45, 7) is 8.12. The first-order valence-electron chi connectivity index (χ1n) is 10.9. The zero-order chi connectivity index (χ0) is 20.1. The Labute approximate surface area is 177 Å². The van der Waals surface area contributed by atoms with Crippen LogP contribution in [0.2, 0.25) is 0 Å². The van der Waals surface area contributed by atoms with Gasteiger partial charge in [0.05, 0.1) is 18.9 Å². The molecule has 8 heteroatoms. The smallest absolute Gasteiger partial charge is 0.274 e. The monoisotopic (exact) mass is 419 g/mol. The van der Waals surface area contributed by atoms with E-state index in [1.165, 1.54) is 19.3 Å². The standard InChI is InChI=1S/C21H33N5O2S/c1-23(9-10-24-11-14-28-15-12-24)17-18-19(22-21-26(18)13-16-29-21)20(27)25-7-5-3-2-4-6-8-25/h13,16H,2-12,14-15,17H2,1H3. The summed E-state index contributed by atoms with van der Waals surface area (Å²) in [5.74, 6) is 0.111. The van der Waals surface area contributed by atoms with Gasteiger partial charge in [0.2, 0.25) is 0 Å². The minimum atomic E-state index is 0.111. The van der Waals surface area contributed by atoms with Gasteiger partial charge in [0.15, 0.2) is 10.7 Å². The van der Waals surface area contributed by atoms with Gasteiger partial charge in [-0.1, -0.05) is 19.3 Å². The number of ether oxygens (including phenoxy) is 1. The van der Waals surface area contributed by atoms with Crippen LogP contribution in [0.1, 0.15) is 48.3 Å². The minimum absolute atomic E-state index is 0.111. The van der Waals surface area contributed by atoms with E-state index in [0.717, 1.165) is 82.5 Å². The molecule has 2 aliphatic rings. The predicted octanol–water partition coefficient (Wildman–Crippen LogP) is 2.57. The third-order valence-electron chi connectivity index (χ3n) is 6.03. The molecule has 2 fully saturated rings. The van der Waals surface area contributed by atoms with Crippen molar-refractivity contribution in [1.82, 2.24) is 24.1 Å². The van der Waals surface area contributed by atoms with Crippen molar-refractivity contribution in [3.63, 3.8) is 0 Å². The number of morpholine rings is 1. The number of aromatic nitrogens is 2. The number of carbonyl (C=O) groups is 1. The number of fused-ring (bicyclic) bond motifs is 1. The van der Waals surface area contributed by atoms with E-state index in [1.54, 1.807) is 11.3 Å². The lowest BCUT2D eigenvalue weighted by Crippen LogP contribution is -2.40. The first-order valence-corrected chi connectivity index (χ1v) is 11.8. The highest BCUT2D eigenvalue weighted by Crippen LogP contribution is 2.21. The maximum Gasteiger partial charge on any atom is 0.274 e. The van der Waals surface area contributed by atoms with Crippen molar-refractivity contribution in [3.8, 4) is 0 Å². The predicted molar refractivity (Wildman–Crippen MR) is 116 cm³/mol. The van der Waals surface area contributed by atoms with Gasteiger partial charge in [0.25, 0.3) is 5.91 Å². The highest BCUT2D eigenvalue weighted by atomic mass is 32.1. The fourth-order valence-corrected chi connectivity index (χ4v) is 4.96. The lowest BCUT2D eigenvalue weighted by Gasteiger charge is -2.28. The van der Waals surface area contributed by atoms with Gasteiger partial charge in [0.1, 0.15) is 0 Å². The second-order valence-corrected chi connectivity index (χ2v) is 9.09. The number of imidazole rings is 1. The molecule has 2 aromatic heterocycles. The number of hydrogen-bond acceptors (Lipinski definition) is 6. The molecule has 29 heavy (non-hydrogen) atoms. The summed E-state index contributed by atoms with van der Waals surface area (Å²) in [5.41, 5.74) is 1.67. The van der Waals surface area contributed by atoms with Crippen LogP contribution >= 0.6 is 11.3 Å². The van der Waals surface area contributed by atoms with E-state index in [-0.39, 0.29) is 5.91 Å². The fraction of sp³-hybridized carbons (Fsp3) is 0.714. The number of likely N-dealkylation sites (N-methyl/N-ethyl adjacent to an activating group) is 1. The Balaban J connectivity index is 1.46. The highest BCUT2D eigenvalue weighted by molar-refractivity contribution is 7.15. The SMILES string of the molecule is CN(CCN1CCOCC1)Cc1c(C(=O)N2CCCCCCC2)nc2sccn12. The summed E-state index contributed by atoms with van der Waals surface area (Å²) in [5, 5.41) is 2.05. The summed E-state index contributed by atoms with van der Waals surface area (Å²) in [6, 6.07) is 0. The summed E-state index contributed by atoms with van der Waals surface area (Å²) in [7, 11) is 2.14. The van der Waals surface area contributed by atoms with Crippen molar-refractivity contribution < 1.29 is 9.53 Å². The molecule has 4 heterocycles. The molecule has 0 N–H and O–H groups in total. The van der Waals surface area contributed by atoms with Gasteiger partial charge in [-0.25, -0.2) is 4.98 Å². The number of thiazole rings is 1. The first kappa shape index (κ1) is 20.8. The summed E-state index contributed by atoms with van der Waals surface area (Å²) >= 11 is 1.60. The second kappa shape index (κ2) is 10.0. The lowest BCUT2D eigenvalue weighted by atomic mass is 10.1. The Kier molecular flexibility index (Phi) is 7.18. The second-order valence-electron chi connectivity index (χ2n) is 8.21. The molecule has 4 rings (SSSR count). The van der Waals surface area contributed by atoms with Crippen molar-refractivity contribution in [2.24, 2.45) is 0 Å². The van der Waals surface area contributed by atoms with E-state index in [9.17, 15) is 4.79 Å². The largest absolute Gasteiger partial charge is 0.379 e. The van der Waals surface area contributed by atoms with Gasteiger partial charge < -0.3 is 9.64 Å². The topological polar surface area (TPSA) is 53.3 Å². The van der Waals surface area contributed by atoms with Gasteiger partial charge in [-0.3, -0.25) is 19.0 Å². The van der Waals surface area contributed by atoms with E-state index < -0.39 is 0 Å². The summed E-state index contributed by atoms with van der Waals surface area (Å²) in [6.07, 6.45) is 7.98. The Morgan fingerprint density at radius 3 is 2.62 bits per heavy atom.